The summed E-state index contributed by atoms with van der Waals surface area (Å²) in [6.45, 7) is 2.96. The van der Waals surface area contributed by atoms with Gasteiger partial charge < -0.3 is 15.0 Å². The highest BCUT2D eigenvalue weighted by atomic mass is 35.5. The molecule has 6 rings (SSSR count). The maximum atomic E-state index is 13.9. The van der Waals surface area contributed by atoms with E-state index in [0.29, 0.717) is 33.6 Å². The molecule has 5 heterocycles. The van der Waals surface area contributed by atoms with Crippen LogP contribution in [0, 0.1) is 0 Å². The Morgan fingerprint density at radius 1 is 1.36 bits per heavy atom. The second-order valence-corrected chi connectivity index (χ2v) is 11.6. The van der Waals surface area contributed by atoms with Crippen LogP contribution in [0.3, 0.4) is 0 Å². The number of thioether (sulfide) groups is 1. The van der Waals surface area contributed by atoms with Crippen molar-refractivity contribution in [2.45, 2.75) is 37.1 Å². The van der Waals surface area contributed by atoms with Gasteiger partial charge >= 0.3 is 0 Å². The minimum absolute atomic E-state index is 0.0845. The molecule has 0 saturated carbocycles. The van der Waals surface area contributed by atoms with Crippen LogP contribution in [0.5, 0.6) is 0 Å². The first-order valence-corrected chi connectivity index (χ1v) is 14.1. The van der Waals surface area contributed by atoms with E-state index in [4.69, 9.17) is 16.3 Å². The first-order chi connectivity index (χ1) is 17.5. The summed E-state index contributed by atoms with van der Waals surface area (Å²) in [5, 5.41) is 13.6. The summed E-state index contributed by atoms with van der Waals surface area (Å²) in [4.78, 5) is 30.7. The summed E-state index contributed by atoms with van der Waals surface area (Å²) in [6.07, 6.45) is 2.90. The molecule has 188 valence electrons. The van der Waals surface area contributed by atoms with E-state index in [1.165, 1.54) is 16.6 Å². The predicted octanol–water partition coefficient (Wildman–Crippen LogP) is 3.12. The van der Waals surface area contributed by atoms with E-state index < -0.39 is 0 Å². The molecule has 1 amide bonds. The largest absolute Gasteiger partial charge is 0.376 e. The number of carbonyl (C=O) groups is 1. The van der Waals surface area contributed by atoms with Crippen molar-refractivity contribution in [2.24, 2.45) is 0 Å². The maximum Gasteiger partial charge on any atom is 0.268 e. The van der Waals surface area contributed by atoms with Crippen LogP contribution in [0.25, 0.3) is 21.7 Å². The zero-order valence-corrected chi connectivity index (χ0v) is 22.1. The standard InChI is InChI=1S/C24H25ClN6O3S2/c1-29-8-7-17-18(12-29)36-22-20(17)21(33)30(15-5-2-4-14(25)10-15)23-27-28-24(31(22)23)35-13-19(32)26-11-16-6-3-9-34-16/h2,4-5,10,16H,3,6-9,11-13H2,1H3,(H,26,32). The fourth-order valence-corrected chi connectivity index (χ4v) is 7.26. The summed E-state index contributed by atoms with van der Waals surface area (Å²) in [7, 11) is 2.09. The number of benzene rings is 1. The van der Waals surface area contributed by atoms with Gasteiger partial charge in [0.2, 0.25) is 11.7 Å². The predicted molar refractivity (Wildman–Crippen MR) is 142 cm³/mol. The fourth-order valence-electron chi connectivity index (χ4n) is 4.84. The number of nitrogens with zero attached hydrogens (tertiary/aromatic N) is 5. The van der Waals surface area contributed by atoms with Crippen LogP contribution >= 0.6 is 34.7 Å². The number of hydrogen-bond donors (Lipinski definition) is 1. The van der Waals surface area contributed by atoms with Crippen molar-refractivity contribution in [1.82, 2.24) is 29.4 Å². The molecule has 4 aromatic rings. The molecule has 0 bridgehead atoms. The molecule has 1 unspecified atom stereocenters. The molecular weight excluding hydrogens is 520 g/mol. The third-order valence-electron chi connectivity index (χ3n) is 6.62. The first kappa shape index (κ1) is 23.9. The van der Waals surface area contributed by atoms with Gasteiger partial charge in [-0.05, 0) is 50.1 Å². The van der Waals surface area contributed by atoms with E-state index in [2.05, 4.69) is 27.5 Å². The van der Waals surface area contributed by atoms with Crippen molar-refractivity contribution < 1.29 is 9.53 Å². The Hall–Kier alpha value is -2.44. The number of ether oxygens (including phenoxy) is 1. The number of aromatic nitrogens is 4. The molecule has 1 atom stereocenters. The highest BCUT2D eigenvalue weighted by Gasteiger charge is 2.27. The van der Waals surface area contributed by atoms with Gasteiger partial charge in [-0.2, -0.15) is 0 Å². The minimum atomic E-state index is -0.125. The van der Waals surface area contributed by atoms with Crippen LogP contribution in [0.15, 0.2) is 34.2 Å². The number of fused-ring (bicyclic) bond motifs is 5. The molecule has 9 nitrogen and oxygen atoms in total. The molecule has 2 aliphatic heterocycles. The lowest BCUT2D eigenvalue weighted by Gasteiger charge is -2.21. The van der Waals surface area contributed by atoms with Gasteiger partial charge in [0.05, 0.1) is 22.9 Å². The Balaban J connectivity index is 1.43. The molecule has 2 aliphatic rings. The van der Waals surface area contributed by atoms with Crippen LogP contribution in [0.1, 0.15) is 23.3 Å². The van der Waals surface area contributed by atoms with Crippen molar-refractivity contribution >= 4 is 56.6 Å². The van der Waals surface area contributed by atoms with Gasteiger partial charge in [-0.15, -0.1) is 21.5 Å². The molecule has 36 heavy (non-hydrogen) atoms. The van der Waals surface area contributed by atoms with E-state index >= 15 is 0 Å². The van der Waals surface area contributed by atoms with Crippen LogP contribution in [-0.4, -0.2) is 68.6 Å². The number of likely N-dealkylation sites (N-methyl/N-ethyl adjacent to an activating group) is 1. The normalized spacial score (nSPS) is 18.2. The van der Waals surface area contributed by atoms with Crippen LogP contribution in [0.2, 0.25) is 5.02 Å². The summed E-state index contributed by atoms with van der Waals surface area (Å²) < 4.78 is 9.08. The zero-order valence-electron chi connectivity index (χ0n) is 19.7. The molecular formula is C24H25ClN6O3S2. The smallest absolute Gasteiger partial charge is 0.268 e. The fraction of sp³-hybridized carbons (Fsp3) is 0.417. The monoisotopic (exact) mass is 544 g/mol. The molecule has 1 fully saturated rings. The van der Waals surface area contributed by atoms with Gasteiger partial charge in [-0.1, -0.05) is 29.4 Å². The lowest BCUT2D eigenvalue weighted by atomic mass is 10.1. The van der Waals surface area contributed by atoms with E-state index in [1.54, 1.807) is 28.0 Å². The van der Waals surface area contributed by atoms with Crippen LogP contribution in [0.4, 0.5) is 0 Å². The van der Waals surface area contributed by atoms with Gasteiger partial charge in [-0.25, -0.2) is 8.97 Å². The van der Waals surface area contributed by atoms with E-state index in [0.717, 1.165) is 49.4 Å². The molecule has 0 spiro atoms. The second kappa shape index (κ2) is 9.79. The third kappa shape index (κ3) is 4.32. The zero-order chi connectivity index (χ0) is 24.8. The Morgan fingerprint density at radius 3 is 3.06 bits per heavy atom. The molecule has 0 aliphatic carbocycles. The van der Waals surface area contributed by atoms with Crippen molar-refractivity contribution in [3.8, 4) is 5.69 Å². The Bertz CT molecular complexity index is 1520. The molecule has 1 N–H and O–H groups in total. The van der Waals surface area contributed by atoms with Gasteiger partial charge in [0, 0.05) is 36.1 Å². The number of rotatable bonds is 6. The molecule has 1 aromatic carbocycles. The van der Waals surface area contributed by atoms with E-state index in [1.807, 2.05) is 16.5 Å². The molecule has 0 radical (unpaired) electrons. The van der Waals surface area contributed by atoms with Gasteiger partial charge in [0.15, 0.2) is 5.16 Å². The Labute approximate surface area is 220 Å². The van der Waals surface area contributed by atoms with Crippen molar-refractivity contribution in [1.29, 1.82) is 0 Å². The number of thiophene rings is 1. The van der Waals surface area contributed by atoms with Crippen molar-refractivity contribution in [3.63, 3.8) is 0 Å². The Kier molecular flexibility index (Phi) is 6.51. The maximum absolute atomic E-state index is 13.9. The summed E-state index contributed by atoms with van der Waals surface area (Å²) in [6, 6.07) is 7.18. The lowest BCUT2D eigenvalue weighted by molar-refractivity contribution is -0.119. The third-order valence-corrected chi connectivity index (χ3v) is 8.98. The number of halogens is 1. The molecule has 3 aromatic heterocycles. The highest BCUT2D eigenvalue weighted by molar-refractivity contribution is 7.99. The van der Waals surface area contributed by atoms with Gasteiger partial charge in [-0.3, -0.25) is 9.59 Å². The highest BCUT2D eigenvalue weighted by Crippen LogP contribution is 2.35. The SMILES string of the molecule is CN1CCc2c(sc3c2c(=O)n(-c2cccc(Cl)c2)c2nnc(SCC(=O)NCC4CCCO4)n32)C1. The second-order valence-electron chi connectivity index (χ2n) is 9.14. The minimum Gasteiger partial charge on any atom is -0.376 e. The molecule has 12 heteroatoms. The number of hydrogen-bond acceptors (Lipinski definition) is 8. The average molecular weight is 545 g/mol. The number of carbonyl (C=O) groups excluding carboxylic acids is 1. The van der Waals surface area contributed by atoms with Crippen molar-refractivity contribution in [3.05, 3.63) is 50.1 Å². The van der Waals surface area contributed by atoms with Crippen LogP contribution < -0.4 is 10.9 Å². The summed E-state index contributed by atoms with van der Waals surface area (Å²) in [5.74, 6) is 0.516. The topological polar surface area (TPSA) is 93.8 Å². The number of nitrogens with one attached hydrogen (secondary N) is 1. The van der Waals surface area contributed by atoms with Crippen LogP contribution in [-0.2, 0) is 22.5 Å². The summed E-state index contributed by atoms with van der Waals surface area (Å²) >= 11 is 9.19. The van der Waals surface area contributed by atoms with Gasteiger partial charge in [0.25, 0.3) is 5.56 Å². The van der Waals surface area contributed by atoms with E-state index in [-0.39, 0.29) is 23.3 Å². The number of amides is 1. The van der Waals surface area contributed by atoms with Crippen molar-refractivity contribution in [2.75, 3.05) is 32.5 Å². The molecule has 1 saturated heterocycles. The quantitative estimate of drug-likeness (QED) is 0.373. The average Bonchev–Trinajstić information content (AvgIpc) is 3.60. The van der Waals surface area contributed by atoms with E-state index in [9.17, 15) is 9.59 Å². The first-order valence-electron chi connectivity index (χ1n) is 11.9. The summed E-state index contributed by atoms with van der Waals surface area (Å²) in [5.41, 5.74) is 1.60. The lowest BCUT2D eigenvalue weighted by Crippen LogP contribution is -2.32. The Morgan fingerprint density at radius 2 is 2.25 bits per heavy atom. The van der Waals surface area contributed by atoms with Gasteiger partial charge in [0.1, 0.15) is 4.83 Å².